The summed E-state index contributed by atoms with van der Waals surface area (Å²) < 4.78 is 0. The molecule has 0 aliphatic carbocycles. The molecule has 0 saturated heterocycles. The van der Waals surface area contributed by atoms with E-state index in [9.17, 15) is 0 Å². The lowest BCUT2D eigenvalue weighted by Gasteiger charge is -1.89. The van der Waals surface area contributed by atoms with Crippen LogP contribution in [0.1, 0.15) is 20.8 Å². The molecule has 0 spiro atoms. The van der Waals surface area contributed by atoms with Gasteiger partial charge >= 0.3 is 0 Å². The van der Waals surface area contributed by atoms with Crippen LogP contribution in [0, 0.1) is 5.92 Å². The molecular weight excluding hydrogens is 134 g/mol. The SMILES string of the molecule is C/C=c1/[nH]cc/c1=C/C(C)C. The van der Waals surface area contributed by atoms with E-state index in [0.717, 1.165) is 0 Å². The number of aromatic amines is 1. The van der Waals surface area contributed by atoms with E-state index in [1.54, 1.807) is 0 Å². The zero-order valence-corrected chi connectivity index (χ0v) is 7.39. The van der Waals surface area contributed by atoms with E-state index in [4.69, 9.17) is 0 Å². The van der Waals surface area contributed by atoms with Gasteiger partial charge in [0, 0.05) is 11.5 Å². The lowest BCUT2D eigenvalue weighted by atomic mass is 10.2. The highest BCUT2D eigenvalue weighted by Crippen LogP contribution is 1.90. The monoisotopic (exact) mass is 149 g/mol. The van der Waals surface area contributed by atoms with Crippen LogP contribution in [0.15, 0.2) is 12.3 Å². The van der Waals surface area contributed by atoms with Crippen LogP contribution in [0.25, 0.3) is 12.2 Å². The minimum Gasteiger partial charge on any atom is -0.361 e. The van der Waals surface area contributed by atoms with E-state index < -0.39 is 0 Å². The smallest absolute Gasteiger partial charge is 0.0407 e. The fourth-order valence-electron chi connectivity index (χ4n) is 1.15. The molecule has 11 heavy (non-hydrogen) atoms. The molecule has 0 radical (unpaired) electrons. The summed E-state index contributed by atoms with van der Waals surface area (Å²) in [6.45, 7) is 6.42. The second-order valence-corrected chi connectivity index (χ2v) is 3.05. The second kappa shape index (κ2) is 3.42. The topological polar surface area (TPSA) is 15.8 Å². The van der Waals surface area contributed by atoms with Crippen molar-refractivity contribution in [3.05, 3.63) is 22.8 Å². The Morgan fingerprint density at radius 1 is 1.45 bits per heavy atom. The fraction of sp³-hybridized carbons (Fsp3) is 0.400. The van der Waals surface area contributed by atoms with Crippen LogP contribution < -0.4 is 10.6 Å². The number of hydrogen-bond donors (Lipinski definition) is 1. The third kappa shape index (κ3) is 1.97. The highest BCUT2D eigenvalue weighted by atomic mass is 14.6. The molecule has 1 aromatic heterocycles. The summed E-state index contributed by atoms with van der Waals surface area (Å²) in [6, 6.07) is 2.11. The lowest BCUT2D eigenvalue weighted by molar-refractivity contribution is 0.880. The third-order valence-electron chi connectivity index (χ3n) is 1.61. The maximum Gasteiger partial charge on any atom is 0.0407 e. The van der Waals surface area contributed by atoms with Gasteiger partial charge in [-0.25, -0.2) is 0 Å². The summed E-state index contributed by atoms with van der Waals surface area (Å²) in [4.78, 5) is 3.17. The Balaban J connectivity index is 3.23. The van der Waals surface area contributed by atoms with Crippen LogP contribution in [-0.4, -0.2) is 4.98 Å². The number of nitrogens with one attached hydrogen (secondary N) is 1. The van der Waals surface area contributed by atoms with Gasteiger partial charge < -0.3 is 4.98 Å². The highest BCUT2D eigenvalue weighted by Gasteiger charge is 1.87. The Morgan fingerprint density at radius 3 is 2.73 bits per heavy atom. The third-order valence-corrected chi connectivity index (χ3v) is 1.61. The summed E-state index contributed by atoms with van der Waals surface area (Å²) in [5, 5.41) is 2.53. The van der Waals surface area contributed by atoms with Gasteiger partial charge in [0.15, 0.2) is 0 Å². The minimum atomic E-state index is 0.615. The normalized spacial score (nSPS) is 14.9. The number of hydrogen-bond acceptors (Lipinski definition) is 0. The van der Waals surface area contributed by atoms with Crippen molar-refractivity contribution in [2.45, 2.75) is 20.8 Å². The van der Waals surface area contributed by atoms with Crippen molar-refractivity contribution in [1.82, 2.24) is 4.98 Å². The van der Waals surface area contributed by atoms with Crippen molar-refractivity contribution in [1.29, 1.82) is 0 Å². The maximum absolute atomic E-state index is 3.17. The van der Waals surface area contributed by atoms with Gasteiger partial charge in [0.1, 0.15) is 0 Å². The molecule has 0 bridgehead atoms. The molecule has 0 atom stereocenters. The van der Waals surface area contributed by atoms with E-state index in [1.165, 1.54) is 10.6 Å². The predicted molar refractivity (Wildman–Crippen MR) is 49.5 cm³/mol. The first-order valence-electron chi connectivity index (χ1n) is 4.05. The average molecular weight is 149 g/mol. The first-order valence-corrected chi connectivity index (χ1v) is 4.05. The van der Waals surface area contributed by atoms with Crippen LogP contribution in [0.5, 0.6) is 0 Å². The van der Waals surface area contributed by atoms with Gasteiger partial charge in [-0.3, -0.25) is 0 Å². The summed E-state index contributed by atoms with van der Waals surface area (Å²) in [6.07, 6.45) is 6.32. The molecule has 0 fully saturated rings. The molecule has 1 rings (SSSR count). The van der Waals surface area contributed by atoms with Crippen LogP contribution in [0.3, 0.4) is 0 Å². The Kier molecular flexibility index (Phi) is 2.53. The van der Waals surface area contributed by atoms with Crippen LogP contribution in [0.2, 0.25) is 0 Å². The average Bonchev–Trinajstić information content (AvgIpc) is 2.34. The van der Waals surface area contributed by atoms with Crippen molar-refractivity contribution in [2.24, 2.45) is 5.92 Å². The van der Waals surface area contributed by atoms with E-state index in [1.807, 2.05) is 13.1 Å². The van der Waals surface area contributed by atoms with Gasteiger partial charge in [-0.2, -0.15) is 0 Å². The van der Waals surface area contributed by atoms with E-state index in [0.29, 0.717) is 5.92 Å². The molecule has 0 amide bonds. The van der Waals surface area contributed by atoms with E-state index >= 15 is 0 Å². The second-order valence-electron chi connectivity index (χ2n) is 3.05. The lowest BCUT2D eigenvalue weighted by Crippen LogP contribution is -2.22. The van der Waals surface area contributed by atoms with E-state index in [2.05, 4.69) is 37.0 Å². The molecule has 0 unspecified atom stereocenters. The quantitative estimate of drug-likeness (QED) is 0.618. The van der Waals surface area contributed by atoms with Crippen molar-refractivity contribution in [2.75, 3.05) is 0 Å². The maximum atomic E-state index is 3.17. The molecule has 1 nitrogen and oxygen atoms in total. The first kappa shape index (κ1) is 8.12. The molecule has 1 heteroatoms. The minimum absolute atomic E-state index is 0.615. The molecular formula is C10H15N. The van der Waals surface area contributed by atoms with Gasteiger partial charge in [0.25, 0.3) is 0 Å². The fourth-order valence-corrected chi connectivity index (χ4v) is 1.15. The van der Waals surface area contributed by atoms with Crippen LogP contribution >= 0.6 is 0 Å². The molecule has 1 N–H and O–H groups in total. The van der Waals surface area contributed by atoms with E-state index in [-0.39, 0.29) is 0 Å². The zero-order chi connectivity index (χ0) is 8.27. The molecule has 0 aromatic carbocycles. The van der Waals surface area contributed by atoms with Crippen molar-refractivity contribution in [3.8, 4) is 0 Å². The molecule has 1 heterocycles. The van der Waals surface area contributed by atoms with Crippen LogP contribution in [-0.2, 0) is 0 Å². The Bertz CT molecular complexity index is 317. The summed E-state index contributed by atoms with van der Waals surface area (Å²) >= 11 is 0. The Labute approximate surface area is 67.5 Å². The van der Waals surface area contributed by atoms with Gasteiger partial charge in [-0.15, -0.1) is 0 Å². The van der Waals surface area contributed by atoms with Crippen molar-refractivity contribution >= 4 is 12.2 Å². The molecule has 60 valence electrons. The van der Waals surface area contributed by atoms with Crippen molar-refractivity contribution < 1.29 is 0 Å². The molecule has 0 saturated carbocycles. The number of H-pyrrole nitrogens is 1. The Morgan fingerprint density at radius 2 is 2.18 bits per heavy atom. The van der Waals surface area contributed by atoms with Crippen LogP contribution in [0.4, 0.5) is 0 Å². The summed E-state index contributed by atoms with van der Waals surface area (Å²) in [5.41, 5.74) is 0. The summed E-state index contributed by atoms with van der Waals surface area (Å²) in [7, 11) is 0. The zero-order valence-electron chi connectivity index (χ0n) is 7.39. The standard InChI is InChI=1S/C10H15N/c1-4-10-9(5-6-11-10)7-8(2)3/h4-8,11H,1-3H3/b9-7-,10-4+. The largest absolute Gasteiger partial charge is 0.361 e. The molecule has 0 aliphatic rings. The van der Waals surface area contributed by atoms with Gasteiger partial charge in [0.05, 0.1) is 0 Å². The predicted octanol–water partition coefficient (Wildman–Crippen LogP) is 1.25. The molecule has 1 aromatic rings. The van der Waals surface area contributed by atoms with Gasteiger partial charge in [-0.1, -0.05) is 26.0 Å². The van der Waals surface area contributed by atoms with Crippen molar-refractivity contribution in [3.63, 3.8) is 0 Å². The highest BCUT2D eigenvalue weighted by molar-refractivity contribution is 5.28. The number of aromatic nitrogens is 1. The first-order chi connectivity index (χ1) is 5.24. The number of rotatable bonds is 1. The van der Waals surface area contributed by atoms with Gasteiger partial charge in [0.2, 0.25) is 0 Å². The Hall–Kier alpha value is -0.980. The summed E-state index contributed by atoms with van der Waals surface area (Å²) in [5.74, 6) is 0.615. The molecule has 0 aliphatic heterocycles. The van der Waals surface area contributed by atoms with Gasteiger partial charge in [-0.05, 0) is 24.1 Å².